The van der Waals surface area contributed by atoms with Crippen molar-refractivity contribution in [2.24, 2.45) is 0 Å². The second-order valence-corrected chi connectivity index (χ2v) is 5.83. The van der Waals surface area contributed by atoms with Crippen LogP contribution in [-0.4, -0.2) is 17.9 Å². The first-order valence-corrected chi connectivity index (χ1v) is 8.42. The van der Waals surface area contributed by atoms with E-state index in [-0.39, 0.29) is 11.3 Å². The Labute approximate surface area is 165 Å². The number of nitro groups is 1. The lowest BCUT2D eigenvalue weighted by molar-refractivity contribution is -0.384. The summed E-state index contributed by atoms with van der Waals surface area (Å²) >= 11 is 0. The molecule has 1 aromatic heterocycles. The Balaban J connectivity index is 1.80. The minimum Gasteiger partial charge on any atom is -0.495 e. The van der Waals surface area contributed by atoms with Crippen LogP contribution in [0.25, 0.3) is 17.4 Å². The molecule has 0 aliphatic heterocycles. The third kappa shape index (κ3) is 4.48. The highest BCUT2D eigenvalue weighted by atomic mass is 16.6. The second kappa shape index (κ2) is 8.54. The third-order valence-corrected chi connectivity index (χ3v) is 4.00. The molecular formula is C21H15N3O5. The van der Waals surface area contributed by atoms with Gasteiger partial charge in [-0.25, -0.2) is 0 Å². The van der Waals surface area contributed by atoms with Gasteiger partial charge in [0.2, 0.25) is 0 Å². The highest BCUT2D eigenvalue weighted by molar-refractivity contribution is 6.10. The second-order valence-electron chi connectivity index (χ2n) is 5.83. The molecule has 3 rings (SSSR count). The molecule has 0 spiro atoms. The molecule has 1 amide bonds. The maximum absolute atomic E-state index is 12.4. The Morgan fingerprint density at radius 1 is 1.17 bits per heavy atom. The summed E-state index contributed by atoms with van der Waals surface area (Å²) in [6.45, 7) is 0. The van der Waals surface area contributed by atoms with Crippen LogP contribution in [0.4, 0.5) is 11.4 Å². The predicted molar refractivity (Wildman–Crippen MR) is 106 cm³/mol. The summed E-state index contributed by atoms with van der Waals surface area (Å²) in [4.78, 5) is 22.7. The van der Waals surface area contributed by atoms with Gasteiger partial charge in [0.15, 0.2) is 0 Å². The number of furan rings is 1. The molecule has 8 heteroatoms. The molecule has 29 heavy (non-hydrogen) atoms. The molecule has 0 saturated carbocycles. The summed E-state index contributed by atoms with van der Waals surface area (Å²) in [5.41, 5.74) is 0.889. The molecule has 0 bridgehead atoms. The van der Waals surface area contributed by atoms with E-state index in [0.29, 0.717) is 28.5 Å². The molecule has 0 aliphatic rings. The van der Waals surface area contributed by atoms with Crippen molar-refractivity contribution in [1.29, 1.82) is 5.26 Å². The molecule has 0 fully saturated rings. The fourth-order valence-corrected chi connectivity index (χ4v) is 2.56. The smallest absolute Gasteiger partial charge is 0.269 e. The topological polar surface area (TPSA) is 118 Å². The van der Waals surface area contributed by atoms with Crippen LogP contribution in [0.1, 0.15) is 5.76 Å². The van der Waals surface area contributed by atoms with Crippen molar-refractivity contribution in [1.82, 2.24) is 0 Å². The predicted octanol–water partition coefficient (Wildman–Crippen LogP) is 4.41. The fourth-order valence-electron chi connectivity index (χ4n) is 2.56. The number of carbonyl (C=O) groups excluding carboxylic acids is 1. The molecule has 0 atom stereocenters. The van der Waals surface area contributed by atoms with Crippen molar-refractivity contribution >= 4 is 23.4 Å². The number of nitrogens with one attached hydrogen (secondary N) is 1. The Hall–Kier alpha value is -4.38. The van der Waals surface area contributed by atoms with Crippen LogP contribution in [0, 0.1) is 21.4 Å². The lowest BCUT2D eigenvalue weighted by atomic mass is 10.1. The largest absolute Gasteiger partial charge is 0.495 e. The molecule has 2 aromatic carbocycles. The standard InChI is InChI=1S/C21H15N3O5/c1-28-20-5-3-2-4-18(20)23-21(25)15(13-22)12-17-10-11-19(29-17)14-6-8-16(9-7-14)24(26)27/h2-12H,1H3,(H,23,25). The van der Waals surface area contributed by atoms with Gasteiger partial charge in [-0.3, -0.25) is 14.9 Å². The number of hydrogen-bond donors (Lipinski definition) is 1. The summed E-state index contributed by atoms with van der Waals surface area (Å²) in [6.07, 6.45) is 1.32. The first kappa shape index (κ1) is 19.4. The number of nitrogens with zero attached hydrogens (tertiary/aromatic N) is 2. The number of rotatable bonds is 6. The van der Waals surface area contributed by atoms with Crippen molar-refractivity contribution in [3.63, 3.8) is 0 Å². The van der Waals surface area contributed by atoms with Crippen molar-refractivity contribution in [2.75, 3.05) is 12.4 Å². The van der Waals surface area contributed by atoms with Gasteiger partial charge in [-0.05, 0) is 36.4 Å². The van der Waals surface area contributed by atoms with E-state index in [1.807, 2.05) is 6.07 Å². The van der Waals surface area contributed by atoms with Gasteiger partial charge in [0, 0.05) is 23.8 Å². The average Bonchev–Trinajstić information content (AvgIpc) is 3.21. The van der Waals surface area contributed by atoms with Crippen molar-refractivity contribution in [2.45, 2.75) is 0 Å². The molecule has 144 valence electrons. The highest BCUT2D eigenvalue weighted by Crippen LogP contribution is 2.26. The summed E-state index contributed by atoms with van der Waals surface area (Å²) in [5.74, 6) is 0.612. The zero-order valence-electron chi connectivity index (χ0n) is 15.3. The van der Waals surface area contributed by atoms with E-state index >= 15 is 0 Å². The summed E-state index contributed by atoms with van der Waals surface area (Å²) in [7, 11) is 1.48. The van der Waals surface area contributed by atoms with E-state index in [4.69, 9.17) is 9.15 Å². The number of para-hydroxylation sites is 2. The van der Waals surface area contributed by atoms with Gasteiger partial charge >= 0.3 is 0 Å². The Bertz CT molecular complexity index is 1120. The van der Waals surface area contributed by atoms with E-state index in [9.17, 15) is 20.2 Å². The first-order valence-electron chi connectivity index (χ1n) is 8.42. The molecule has 0 aliphatic carbocycles. The zero-order chi connectivity index (χ0) is 20.8. The van der Waals surface area contributed by atoms with Crippen LogP contribution in [0.2, 0.25) is 0 Å². The summed E-state index contributed by atoms with van der Waals surface area (Å²) in [6, 6.07) is 17.8. The van der Waals surface area contributed by atoms with E-state index in [1.165, 1.54) is 25.3 Å². The number of nitro benzene ring substituents is 1. The number of hydrogen-bond acceptors (Lipinski definition) is 6. The molecule has 0 saturated heterocycles. The molecule has 1 N–H and O–H groups in total. The SMILES string of the molecule is COc1ccccc1NC(=O)C(C#N)=Cc1ccc(-c2ccc([N+](=O)[O-])cc2)o1. The number of anilines is 1. The maximum atomic E-state index is 12.4. The molecule has 3 aromatic rings. The van der Waals surface area contributed by atoms with Gasteiger partial charge in [0.05, 0.1) is 17.7 Å². The molecule has 8 nitrogen and oxygen atoms in total. The number of benzene rings is 2. The van der Waals surface area contributed by atoms with Gasteiger partial charge in [0.25, 0.3) is 11.6 Å². The highest BCUT2D eigenvalue weighted by Gasteiger charge is 2.14. The van der Waals surface area contributed by atoms with E-state index < -0.39 is 10.8 Å². The van der Waals surface area contributed by atoms with Gasteiger partial charge in [-0.2, -0.15) is 5.26 Å². The zero-order valence-corrected chi connectivity index (χ0v) is 15.3. The van der Waals surface area contributed by atoms with Crippen LogP contribution in [0.3, 0.4) is 0 Å². The Kier molecular flexibility index (Phi) is 5.71. The van der Waals surface area contributed by atoms with Gasteiger partial charge < -0.3 is 14.5 Å². The number of carbonyl (C=O) groups is 1. The van der Waals surface area contributed by atoms with Crippen molar-refractivity contribution < 1.29 is 18.9 Å². The van der Waals surface area contributed by atoms with Crippen LogP contribution >= 0.6 is 0 Å². The van der Waals surface area contributed by atoms with Crippen LogP contribution in [0.5, 0.6) is 5.75 Å². The van der Waals surface area contributed by atoms with E-state index in [1.54, 1.807) is 48.5 Å². The molecule has 0 radical (unpaired) electrons. The van der Waals surface area contributed by atoms with Gasteiger partial charge in [-0.1, -0.05) is 12.1 Å². The average molecular weight is 389 g/mol. The number of ether oxygens (including phenoxy) is 1. The minimum absolute atomic E-state index is 0.0276. The summed E-state index contributed by atoms with van der Waals surface area (Å²) < 4.78 is 10.8. The lowest BCUT2D eigenvalue weighted by Gasteiger charge is -2.08. The van der Waals surface area contributed by atoms with Gasteiger partial charge in [-0.15, -0.1) is 0 Å². The van der Waals surface area contributed by atoms with Crippen LogP contribution < -0.4 is 10.1 Å². The quantitative estimate of drug-likeness (QED) is 0.289. The molecule has 0 unspecified atom stereocenters. The molecule has 1 heterocycles. The van der Waals surface area contributed by atoms with Crippen molar-refractivity contribution in [3.8, 4) is 23.1 Å². The third-order valence-electron chi connectivity index (χ3n) is 4.00. The number of non-ortho nitro benzene ring substituents is 1. The Morgan fingerprint density at radius 2 is 1.90 bits per heavy atom. The monoisotopic (exact) mass is 389 g/mol. The first-order chi connectivity index (χ1) is 14.0. The minimum atomic E-state index is -0.606. The number of nitriles is 1. The molecular weight excluding hydrogens is 374 g/mol. The number of methoxy groups -OCH3 is 1. The van der Waals surface area contributed by atoms with E-state index in [2.05, 4.69) is 5.32 Å². The Morgan fingerprint density at radius 3 is 2.55 bits per heavy atom. The number of amides is 1. The van der Waals surface area contributed by atoms with Gasteiger partial charge in [0.1, 0.15) is 28.9 Å². The van der Waals surface area contributed by atoms with E-state index in [0.717, 1.165) is 0 Å². The normalized spacial score (nSPS) is 10.8. The van der Waals surface area contributed by atoms with Crippen molar-refractivity contribution in [3.05, 3.63) is 82.1 Å². The summed E-state index contributed by atoms with van der Waals surface area (Å²) in [5, 5.41) is 22.7. The van der Waals surface area contributed by atoms with Crippen LogP contribution in [0.15, 0.2) is 70.7 Å². The fraction of sp³-hybridized carbons (Fsp3) is 0.0476. The maximum Gasteiger partial charge on any atom is 0.269 e. The lowest BCUT2D eigenvalue weighted by Crippen LogP contribution is -2.14. The van der Waals surface area contributed by atoms with Crippen LogP contribution in [-0.2, 0) is 4.79 Å².